The van der Waals surface area contributed by atoms with Crippen molar-refractivity contribution in [1.82, 2.24) is 16.0 Å². The number of carbonyl (C=O) groups is 1. The summed E-state index contributed by atoms with van der Waals surface area (Å²) in [6, 6.07) is -0.195. The van der Waals surface area contributed by atoms with Crippen LogP contribution in [0.25, 0.3) is 0 Å². The molecular weight excluding hydrogens is 352 g/mol. The van der Waals surface area contributed by atoms with Gasteiger partial charge in [-0.25, -0.2) is 4.79 Å². The molecule has 0 aliphatic carbocycles. The molecule has 0 aromatic carbocycles. The quantitative estimate of drug-likeness (QED) is 0.276. The number of carbonyl (C=O) groups excluding carboxylic acids is 1. The molecular formula is C21H38N6O. The van der Waals surface area contributed by atoms with Crippen molar-refractivity contribution < 1.29 is 4.79 Å². The predicted octanol–water partition coefficient (Wildman–Crippen LogP) is 2.46. The number of aliphatic imine (C=N–C) groups is 1. The van der Waals surface area contributed by atoms with Crippen LogP contribution >= 0.6 is 0 Å². The third-order valence-electron chi connectivity index (χ3n) is 5.04. The molecule has 0 aromatic heterocycles. The number of rotatable bonds is 11. The smallest absolute Gasteiger partial charge is 0.315 e. The van der Waals surface area contributed by atoms with Gasteiger partial charge in [0.15, 0.2) is 0 Å². The zero-order chi connectivity index (χ0) is 20.9. The summed E-state index contributed by atoms with van der Waals surface area (Å²) in [5.41, 5.74) is 8.44. The van der Waals surface area contributed by atoms with Gasteiger partial charge in [-0.05, 0) is 37.9 Å². The van der Waals surface area contributed by atoms with E-state index in [4.69, 9.17) is 11.1 Å². The summed E-state index contributed by atoms with van der Waals surface area (Å²) in [5.74, 6) is 0.717. The van der Waals surface area contributed by atoms with Gasteiger partial charge in [-0.1, -0.05) is 32.9 Å². The molecule has 1 rings (SSSR count). The van der Waals surface area contributed by atoms with Gasteiger partial charge in [-0.15, -0.1) is 0 Å². The standard InChI is InChI=1S/C21H38N6O/c1-5-19(22)17(11-20(23)18-7-6-9-25-13-16(18)3)14-27-21(28)26-10-8-15(2)12-24-4/h6-7,13,15-16,18,23-24H,5,8-12,14,22H2,1-4H3,(H2,26,27,28)/b19-17+,23-20?. The van der Waals surface area contributed by atoms with Crippen LogP contribution in [-0.4, -0.2) is 51.2 Å². The van der Waals surface area contributed by atoms with E-state index in [1.54, 1.807) is 0 Å². The Kier molecular flexibility index (Phi) is 11.2. The SMILES string of the molecule is CC/C(N)=C(\CNC(=O)NCCC(C)CNC)CC(=N)C1C=CCN=CC1C. The lowest BCUT2D eigenvalue weighted by atomic mass is 9.86. The summed E-state index contributed by atoms with van der Waals surface area (Å²) >= 11 is 0. The van der Waals surface area contributed by atoms with Crippen LogP contribution in [0.15, 0.2) is 28.4 Å². The Hall–Kier alpha value is -2.15. The molecule has 28 heavy (non-hydrogen) atoms. The highest BCUT2D eigenvalue weighted by molar-refractivity contribution is 5.90. The number of hydrogen-bond acceptors (Lipinski definition) is 5. The molecule has 7 heteroatoms. The van der Waals surface area contributed by atoms with Crippen molar-refractivity contribution in [2.75, 3.05) is 33.2 Å². The highest BCUT2D eigenvalue weighted by atomic mass is 16.2. The monoisotopic (exact) mass is 390 g/mol. The topological polar surface area (TPSA) is 115 Å². The zero-order valence-corrected chi connectivity index (χ0v) is 17.8. The largest absolute Gasteiger partial charge is 0.402 e. The molecule has 0 fully saturated rings. The molecule has 0 aromatic rings. The fourth-order valence-electron chi connectivity index (χ4n) is 3.22. The molecule has 3 atom stereocenters. The minimum Gasteiger partial charge on any atom is -0.402 e. The summed E-state index contributed by atoms with van der Waals surface area (Å²) in [7, 11) is 1.93. The Labute approximate surface area is 169 Å². The van der Waals surface area contributed by atoms with Gasteiger partial charge in [0.2, 0.25) is 0 Å². The van der Waals surface area contributed by atoms with E-state index in [1.165, 1.54) is 0 Å². The van der Waals surface area contributed by atoms with Crippen LogP contribution in [0, 0.1) is 23.2 Å². The average Bonchev–Trinajstić information content (AvgIpc) is 2.88. The maximum atomic E-state index is 12.1. The first-order valence-electron chi connectivity index (χ1n) is 10.3. The van der Waals surface area contributed by atoms with Crippen molar-refractivity contribution in [1.29, 1.82) is 5.41 Å². The Morgan fingerprint density at radius 1 is 1.39 bits per heavy atom. The maximum absolute atomic E-state index is 12.1. The molecule has 0 saturated carbocycles. The van der Waals surface area contributed by atoms with Gasteiger partial charge in [0.1, 0.15) is 0 Å². The van der Waals surface area contributed by atoms with Crippen LogP contribution < -0.4 is 21.7 Å². The number of nitrogens with zero attached hydrogens (tertiary/aromatic N) is 1. The van der Waals surface area contributed by atoms with Crippen molar-refractivity contribution in [3.63, 3.8) is 0 Å². The van der Waals surface area contributed by atoms with E-state index in [0.29, 0.717) is 44.1 Å². The van der Waals surface area contributed by atoms with Crippen LogP contribution in [0.2, 0.25) is 0 Å². The van der Waals surface area contributed by atoms with Crippen LogP contribution in [0.1, 0.15) is 40.0 Å². The van der Waals surface area contributed by atoms with Crippen molar-refractivity contribution in [2.45, 2.75) is 40.0 Å². The van der Waals surface area contributed by atoms with Gasteiger partial charge >= 0.3 is 6.03 Å². The Balaban J connectivity index is 2.56. The Bertz CT molecular complexity index is 596. The average molecular weight is 391 g/mol. The summed E-state index contributed by atoms with van der Waals surface area (Å²) in [6.07, 6.45) is 8.08. The van der Waals surface area contributed by atoms with E-state index >= 15 is 0 Å². The highest BCUT2D eigenvalue weighted by Crippen LogP contribution is 2.20. The molecule has 0 bridgehead atoms. The third kappa shape index (κ3) is 8.69. The first-order chi connectivity index (χ1) is 13.4. The van der Waals surface area contributed by atoms with Gasteiger partial charge in [0.05, 0.1) is 6.54 Å². The molecule has 6 N–H and O–H groups in total. The number of nitrogens with two attached hydrogens (primary N) is 1. The second kappa shape index (κ2) is 13.1. The second-order valence-electron chi connectivity index (χ2n) is 7.57. The molecule has 0 spiro atoms. The number of hydrogen-bond donors (Lipinski definition) is 5. The minimum absolute atomic E-state index is 0.0217. The summed E-state index contributed by atoms with van der Waals surface area (Å²) < 4.78 is 0. The van der Waals surface area contributed by atoms with Gasteiger partial charge in [-0.2, -0.15) is 0 Å². The third-order valence-corrected chi connectivity index (χ3v) is 5.04. The lowest BCUT2D eigenvalue weighted by Gasteiger charge is -2.20. The number of allylic oxidation sites excluding steroid dienone is 2. The van der Waals surface area contributed by atoms with Gasteiger partial charge in [0.25, 0.3) is 0 Å². The first-order valence-corrected chi connectivity index (χ1v) is 10.3. The number of nitrogens with one attached hydrogen (secondary N) is 4. The Morgan fingerprint density at radius 2 is 2.14 bits per heavy atom. The minimum atomic E-state index is -0.195. The van der Waals surface area contributed by atoms with E-state index in [2.05, 4.69) is 40.9 Å². The van der Waals surface area contributed by atoms with Crippen molar-refractivity contribution in [3.05, 3.63) is 23.4 Å². The van der Waals surface area contributed by atoms with E-state index in [1.807, 2.05) is 26.3 Å². The van der Waals surface area contributed by atoms with Crippen LogP contribution in [0.5, 0.6) is 0 Å². The summed E-state index contributed by atoms with van der Waals surface area (Å²) in [6.45, 7) is 8.81. The lowest BCUT2D eigenvalue weighted by molar-refractivity contribution is 0.241. The molecule has 1 aliphatic rings. The fraction of sp³-hybridized carbons (Fsp3) is 0.667. The summed E-state index contributed by atoms with van der Waals surface area (Å²) in [4.78, 5) is 16.4. The van der Waals surface area contributed by atoms with Crippen molar-refractivity contribution >= 4 is 18.0 Å². The molecule has 7 nitrogen and oxygen atoms in total. The van der Waals surface area contributed by atoms with E-state index < -0.39 is 0 Å². The maximum Gasteiger partial charge on any atom is 0.315 e. The van der Waals surface area contributed by atoms with E-state index in [0.717, 1.165) is 24.2 Å². The zero-order valence-electron chi connectivity index (χ0n) is 17.8. The molecule has 3 unspecified atom stereocenters. The molecule has 2 amide bonds. The van der Waals surface area contributed by atoms with Crippen molar-refractivity contribution in [2.24, 2.45) is 28.5 Å². The highest BCUT2D eigenvalue weighted by Gasteiger charge is 2.21. The molecule has 158 valence electrons. The van der Waals surface area contributed by atoms with E-state index in [9.17, 15) is 4.79 Å². The summed E-state index contributed by atoms with van der Waals surface area (Å²) in [5, 5.41) is 17.5. The van der Waals surface area contributed by atoms with E-state index in [-0.39, 0.29) is 17.9 Å². The second-order valence-corrected chi connectivity index (χ2v) is 7.57. The van der Waals surface area contributed by atoms with Crippen LogP contribution in [-0.2, 0) is 0 Å². The Morgan fingerprint density at radius 3 is 2.82 bits per heavy atom. The number of amides is 2. The molecule has 0 saturated heterocycles. The molecule has 1 heterocycles. The van der Waals surface area contributed by atoms with Crippen molar-refractivity contribution in [3.8, 4) is 0 Å². The molecule has 1 aliphatic heterocycles. The fourth-order valence-corrected chi connectivity index (χ4v) is 3.22. The lowest BCUT2D eigenvalue weighted by Crippen LogP contribution is -2.38. The first kappa shape index (κ1) is 23.9. The number of urea groups is 1. The predicted molar refractivity (Wildman–Crippen MR) is 118 cm³/mol. The van der Waals surface area contributed by atoms with Crippen LogP contribution in [0.3, 0.4) is 0 Å². The van der Waals surface area contributed by atoms with Gasteiger partial charge in [0, 0.05) is 49.0 Å². The van der Waals surface area contributed by atoms with Gasteiger partial charge in [-0.3, -0.25) is 4.99 Å². The van der Waals surface area contributed by atoms with Gasteiger partial charge < -0.3 is 27.1 Å². The molecule has 0 radical (unpaired) electrons. The van der Waals surface area contributed by atoms with Crippen LogP contribution in [0.4, 0.5) is 4.79 Å². The normalized spacial score (nSPS) is 20.9.